The van der Waals surface area contributed by atoms with Crippen molar-refractivity contribution in [2.45, 2.75) is 20.8 Å². The highest BCUT2D eigenvalue weighted by Gasteiger charge is 2.24. The number of carbonyl (C=O) groups is 2. The van der Waals surface area contributed by atoms with Gasteiger partial charge in [-0.25, -0.2) is 0 Å². The summed E-state index contributed by atoms with van der Waals surface area (Å²) >= 11 is 0. The third-order valence-electron chi connectivity index (χ3n) is 7.82. The maximum Gasteiger partial charge on any atom is 0.273 e. The van der Waals surface area contributed by atoms with Crippen molar-refractivity contribution in [1.29, 1.82) is 0 Å². The summed E-state index contributed by atoms with van der Waals surface area (Å²) in [6.07, 6.45) is 0. The lowest BCUT2D eigenvalue weighted by Gasteiger charge is -2.38. The number of nitrogens with one attached hydrogen (secondary N) is 2. The fourth-order valence-electron chi connectivity index (χ4n) is 5.26. The van der Waals surface area contributed by atoms with E-state index >= 15 is 0 Å². The summed E-state index contributed by atoms with van der Waals surface area (Å²) in [5, 5.41) is 17.2. The van der Waals surface area contributed by atoms with Crippen LogP contribution >= 0.6 is 0 Å². The minimum Gasteiger partial charge on any atom is -0.495 e. The van der Waals surface area contributed by atoms with E-state index in [-0.39, 0.29) is 17.2 Å². The van der Waals surface area contributed by atoms with Crippen molar-refractivity contribution in [3.63, 3.8) is 0 Å². The van der Waals surface area contributed by atoms with Crippen molar-refractivity contribution in [2.75, 3.05) is 74.6 Å². The zero-order valence-electron chi connectivity index (χ0n) is 25.3. The Bertz CT molecular complexity index is 1450. The van der Waals surface area contributed by atoms with E-state index in [1.807, 2.05) is 30.3 Å². The molecule has 0 aromatic heterocycles. The molecule has 1 fully saturated rings. The number of hydrogen-bond donors (Lipinski definition) is 2. The van der Waals surface area contributed by atoms with Crippen LogP contribution in [-0.2, 0) is 0 Å². The number of para-hydroxylation sites is 2. The van der Waals surface area contributed by atoms with Crippen LogP contribution in [0.2, 0.25) is 0 Å². The minimum atomic E-state index is -0.505. The van der Waals surface area contributed by atoms with E-state index < -0.39 is 10.8 Å². The molecule has 0 bridgehead atoms. The highest BCUT2D eigenvalue weighted by molar-refractivity contribution is 6.06. The third-order valence-corrected chi connectivity index (χ3v) is 7.82. The highest BCUT2D eigenvalue weighted by atomic mass is 16.6. The number of nitrogens with zero attached hydrogens (tertiary/aromatic N) is 4. The first-order valence-corrected chi connectivity index (χ1v) is 14.6. The van der Waals surface area contributed by atoms with Gasteiger partial charge < -0.3 is 30.1 Å². The fraction of sp³-hybridized carbons (Fsp3) is 0.375. The summed E-state index contributed by atoms with van der Waals surface area (Å²) in [7, 11) is 1.67. The van der Waals surface area contributed by atoms with Crippen molar-refractivity contribution >= 4 is 34.6 Å². The molecular weight excluding hydrogens is 548 g/mol. The number of carbonyl (C=O) groups excluding carboxylic acids is 2. The Kier molecular flexibility index (Phi) is 10.6. The number of likely N-dealkylation sites (N-methyl/N-ethyl adjacent to an activating group) is 1. The lowest BCUT2D eigenvalue weighted by atomic mass is 10.1. The smallest absolute Gasteiger partial charge is 0.273 e. The molecule has 11 nitrogen and oxygen atoms in total. The molecule has 228 valence electrons. The van der Waals surface area contributed by atoms with Crippen LogP contribution in [0, 0.1) is 17.0 Å². The number of piperazine rings is 1. The summed E-state index contributed by atoms with van der Waals surface area (Å²) < 4.78 is 5.55. The third kappa shape index (κ3) is 7.61. The maximum atomic E-state index is 13.5. The number of aryl methyl sites for hydroxylation is 1. The summed E-state index contributed by atoms with van der Waals surface area (Å²) in [4.78, 5) is 44.1. The van der Waals surface area contributed by atoms with Crippen LogP contribution in [0.3, 0.4) is 0 Å². The monoisotopic (exact) mass is 588 g/mol. The van der Waals surface area contributed by atoms with E-state index in [2.05, 4.69) is 39.2 Å². The predicted octanol–water partition coefficient (Wildman–Crippen LogP) is 4.56. The molecule has 2 amide bonds. The van der Waals surface area contributed by atoms with E-state index in [9.17, 15) is 19.7 Å². The first-order valence-electron chi connectivity index (χ1n) is 14.6. The van der Waals surface area contributed by atoms with Gasteiger partial charge in [0, 0.05) is 67.8 Å². The van der Waals surface area contributed by atoms with Crippen LogP contribution in [-0.4, -0.2) is 81.1 Å². The molecule has 1 saturated heterocycles. The molecule has 43 heavy (non-hydrogen) atoms. The normalized spacial score (nSPS) is 13.1. The number of methoxy groups -OCH3 is 1. The van der Waals surface area contributed by atoms with Gasteiger partial charge in [-0.05, 0) is 56.4 Å². The second kappa shape index (κ2) is 14.5. The quantitative estimate of drug-likeness (QED) is 0.233. The summed E-state index contributed by atoms with van der Waals surface area (Å²) in [6, 6.07) is 17.6. The molecule has 1 aliphatic heterocycles. The van der Waals surface area contributed by atoms with Crippen molar-refractivity contribution in [1.82, 2.24) is 10.2 Å². The van der Waals surface area contributed by atoms with Gasteiger partial charge in [0.05, 0.1) is 23.3 Å². The predicted molar refractivity (Wildman–Crippen MR) is 170 cm³/mol. The number of rotatable bonds is 12. The van der Waals surface area contributed by atoms with Crippen molar-refractivity contribution < 1.29 is 19.2 Å². The van der Waals surface area contributed by atoms with Gasteiger partial charge in [0.1, 0.15) is 5.75 Å². The van der Waals surface area contributed by atoms with Crippen LogP contribution in [0.15, 0.2) is 60.7 Å². The van der Waals surface area contributed by atoms with Gasteiger partial charge in [0.15, 0.2) is 0 Å². The SMILES string of the molecule is CCN(CC)CCNC(=O)c1cc(NC(=O)c2ccc(C)c([N+](=O)[O-])c2)ccc1N1CCN(c2ccccc2OC)CC1. The summed E-state index contributed by atoms with van der Waals surface area (Å²) in [5.74, 6) is 0.105. The van der Waals surface area contributed by atoms with E-state index in [1.54, 1.807) is 38.3 Å². The van der Waals surface area contributed by atoms with Gasteiger partial charge in [0.2, 0.25) is 0 Å². The molecule has 1 heterocycles. The second-order valence-corrected chi connectivity index (χ2v) is 10.4. The van der Waals surface area contributed by atoms with Crippen molar-refractivity contribution in [3.8, 4) is 5.75 Å². The molecule has 0 saturated carbocycles. The summed E-state index contributed by atoms with van der Waals surface area (Å²) in [5.41, 5.74) is 3.22. The highest BCUT2D eigenvalue weighted by Crippen LogP contribution is 2.31. The molecule has 0 spiro atoms. The number of amides is 2. The zero-order valence-corrected chi connectivity index (χ0v) is 25.3. The van der Waals surface area contributed by atoms with Gasteiger partial charge in [-0.15, -0.1) is 0 Å². The Morgan fingerprint density at radius 1 is 0.930 bits per heavy atom. The molecule has 4 rings (SSSR count). The van der Waals surface area contributed by atoms with Crippen LogP contribution in [0.1, 0.15) is 40.1 Å². The molecule has 0 unspecified atom stereocenters. The number of benzene rings is 3. The number of nitro groups is 1. The molecule has 11 heteroatoms. The number of anilines is 3. The van der Waals surface area contributed by atoms with Crippen molar-refractivity contribution in [3.05, 3.63) is 87.5 Å². The van der Waals surface area contributed by atoms with Crippen LogP contribution in [0.4, 0.5) is 22.7 Å². The first kappa shape index (κ1) is 31.3. The van der Waals surface area contributed by atoms with Crippen molar-refractivity contribution in [2.24, 2.45) is 0 Å². The lowest BCUT2D eigenvalue weighted by molar-refractivity contribution is -0.385. The zero-order chi connectivity index (χ0) is 30.9. The van der Waals surface area contributed by atoms with E-state index in [4.69, 9.17) is 4.74 Å². The average molecular weight is 589 g/mol. The first-order chi connectivity index (χ1) is 20.7. The molecule has 1 aliphatic rings. The Balaban J connectivity index is 1.55. The van der Waals surface area contributed by atoms with Crippen LogP contribution < -0.4 is 25.2 Å². The number of nitro benzene ring substituents is 1. The van der Waals surface area contributed by atoms with Gasteiger partial charge in [-0.3, -0.25) is 19.7 Å². The Hall–Kier alpha value is -4.64. The maximum absolute atomic E-state index is 13.5. The van der Waals surface area contributed by atoms with Crippen LogP contribution in [0.25, 0.3) is 0 Å². The van der Waals surface area contributed by atoms with E-state index in [0.717, 1.165) is 49.8 Å². The largest absolute Gasteiger partial charge is 0.495 e. The number of hydrogen-bond acceptors (Lipinski definition) is 8. The van der Waals surface area contributed by atoms with Crippen LogP contribution in [0.5, 0.6) is 5.75 Å². The number of ether oxygens (including phenoxy) is 1. The summed E-state index contributed by atoms with van der Waals surface area (Å²) in [6.45, 7) is 11.7. The van der Waals surface area contributed by atoms with Gasteiger partial charge in [-0.2, -0.15) is 0 Å². The lowest BCUT2D eigenvalue weighted by Crippen LogP contribution is -2.47. The second-order valence-electron chi connectivity index (χ2n) is 10.4. The molecule has 0 radical (unpaired) electrons. The Labute approximate surface area is 252 Å². The minimum absolute atomic E-state index is 0.122. The Morgan fingerprint density at radius 2 is 1.60 bits per heavy atom. The molecular formula is C32H40N6O5. The van der Waals surface area contributed by atoms with Gasteiger partial charge >= 0.3 is 0 Å². The molecule has 0 aliphatic carbocycles. The molecule has 2 N–H and O–H groups in total. The molecule has 3 aromatic carbocycles. The topological polar surface area (TPSA) is 120 Å². The van der Waals surface area contributed by atoms with E-state index in [0.29, 0.717) is 36.4 Å². The van der Waals surface area contributed by atoms with Gasteiger partial charge in [0.25, 0.3) is 17.5 Å². The van der Waals surface area contributed by atoms with E-state index in [1.165, 1.54) is 6.07 Å². The molecule has 3 aromatic rings. The molecule has 0 atom stereocenters. The standard InChI is InChI=1S/C32H40N6O5/c1-5-35(6-2)16-15-33-32(40)26-22-25(34-31(39)24-12-11-23(3)29(21-24)38(41)42)13-14-27(26)36-17-19-37(20-18-36)28-9-7-8-10-30(28)43-4/h7-14,21-22H,5-6,15-20H2,1-4H3,(H,33,40)(H,34,39). The van der Waals surface area contributed by atoms with Gasteiger partial charge in [-0.1, -0.05) is 32.0 Å². The Morgan fingerprint density at radius 3 is 2.26 bits per heavy atom. The fourth-order valence-corrected chi connectivity index (χ4v) is 5.26. The average Bonchev–Trinajstić information content (AvgIpc) is 3.03.